The van der Waals surface area contributed by atoms with E-state index in [0.717, 1.165) is 23.6 Å². The van der Waals surface area contributed by atoms with Crippen LogP contribution in [0.3, 0.4) is 0 Å². The van der Waals surface area contributed by atoms with Crippen molar-refractivity contribution in [1.82, 2.24) is 25.1 Å². The van der Waals surface area contributed by atoms with E-state index in [9.17, 15) is 0 Å². The molecule has 2 N–H and O–H groups in total. The summed E-state index contributed by atoms with van der Waals surface area (Å²) in [5.41, 5.74) is 1.92. The van der Waals surface area contributed by atoms with Gasteiger partial charge in [0.05, 0.1) is 25.2 Å². The summed E-state index contributed by atoms with van der Waals surface area (Å²) in [6.07, 6.45) is 5.28. The number of aromatic nitrogens is 4. The van der Waals surface area contributed by atoms with Crippen molar-refractivity contribution in [2.75, 3.05) is 32.6 Å². The highest BCUT2D eigenvalue weighted by molar-refractivity contribution is 5.85. The second kappa shape index (κ2) is 10.1. The van der Waals surface area contributed by atoms with Crippen molar-refractivity contribution >= 4 is 24.0 Å². The van der Waals surface area contributed by atoms with E-state index in [2.05, 4.69) is 37.4 Å². The summed E-state index contributed by atoms with van der Waals surface area (Å²) < 4.78 is 11.6. The number of hydrogen-bond acceptors (Lipinski definition) is 8. The first-order chi connectivity index (χ1) is 14.7. The summed E-state index contributed by atoms with van der Waals surface area (Å²) in [5, 5.41) is 19.1. The van der Waals surface area contributed by atoms with E-state index in [1.807, 2.05) is 30.3 Å². The highest BCUT2D eigenvalue weighted by atomic mass is 35.5. The van der Waals surface area contributed by atoms with Gasteiger partial charge in [0.2, 0.25) is 0 Å². The molecule has 1 saturated heterocycles. The Kier molecular flexibility index (Phi) is 7.28. The normalized spacial score (nSPS) is 15.7. The smallest absolute Gasteiger partial charge is 0.158 e. The molecule has 2 aromatic heterocycles. The predicted octanol–water partition coefficient (Wildman–Crippen LogP) is 3.39. The molecular formula is C21H24ClN7O2. The van der Waals surface area contributed by atoms with Crippen molar-refractivity contribution in [3.63, 3.8) is 0 Å². The molecule has 1 fully saturated rings. The number of nitriles is 1. The van der Waals surface area contributed by atoms with Crippen molar-refractivity contribution in [3.8, 4) is 28.8 Å². The number of ether oxygens (including phenoxy) is 2. The van der Waals surface area contributed by atoms with Crippen LogP contribution in [0.1, 0.15) is 18.5 Å². The minimum atomic E-state index is 0. The van der Waals surface area contributed by atoms with Crippen molar-refractivity contribution in [3.05, 3.63) is 42.4 Å². The maximum absolute atomic E-state index is 8.80. The molecule has 0 saturated carbocycles. The highest BCUT2D eigenvalue weighted by Gasteiger charge is 2.21. The fourth-order valence-corrected chi connectivity index (χ4v) is 3.47. The van der Waals surface area contributed by atoms with Crippen LogP contribution in [0, 0.1) is 11.3 Å². The lowest BCUT2D eigenvalue weighted by Crippen LogP contribution is -2.30. The van der Waals surface area contributed by atoms with Crippen LogP contribution in [-0.2, 0) is 0 Å². The molecule has 0 amide bonds. The fraction of sp³-hybridized carbons (Fsp3) is 0.333. The van der Waals surface area contributed by atoms with Crippen LogP contribution in [0.4, 0.5) is 11.6 Å². The maximum atomic E-state index is 8.80. The number of likely N-dealkylation sites (tertiary alicyclic amines) is 1. The Labute approximate surface area is 186 Å². The number of aromatic amines is 1. The van der Waals surface area contributed by atoms with Crippen molar-refractivity contribution in [1.29, 1.82) is 5.26 Å². The lowest BCUT2D eigenvalue weighted by Gasteiger charge is -2.20. The Hall–Kier alpha value is -3.35. The summed E-state index contributed by atoms with van der Waals surface area (Å²) in [6.45, 7) is 1.79. The van der Waals surface area contributed by atoms with Gasteiger partial charge in [-0.05, 0) is 38.6 Å². The molecule has 1 aliphatic heterocycles. The third-order valence-corrected chi connectivity index (χ3v) is 5.18. The van der Waals surface area contributed by atoms with Crippen molar-refractivity contribution in [2.45, 2.75) is 18.9 Å². The van der Waals surface area contributed by atoms with Gasteiger partial charge in [-0.2, -0.15) is 10.4 Å². The molecule has 0 spiro atoms. The fourth-order valence-electron chi connectivity index (χ4n) is 3.47. The summed E-state index contributed by atoms with van der Waals surface area (Å²) in [4.78, 5) is 10.5. The van der Waals surface area contributed by atoms with E-state index in [1.165, 1.54) is 25.2 Å². The van der Waals surface area contributed by atoms with Crippen LogP contribution in [0.2, 0.25) is 0 Å². The molecule has 3 aromatic rings. The maximum Gasteiger partial charge on any atom is 0.158 e. The molecule has 0 bridgehead atoms. The van der Waals surface area contributed by atoms with Crippen LogP contribution in [0.15, 0.2) is 36.7 Å². The number of nitrogens with zero attached hydrogens (tertiary/aromatic N) is 5. The molecule has 0 aliphatic carbocycles. The molecule has 4 rings (SSSR count). The van der Waals surface area contributed by atoms with Gasteiger partial charge in [0, 0.05) is 23.7 Å². The summed E-state index contributed by atoms with van der Waals surface area (Å²) in [5.74, 6) is 2.55. The van der Waals surface area contributed by atoms with Gasteiger partial charge in [-0.3, -0.25) is 5.10 Å². The molecule has 1 aliphatic rings. The van der Waals surface area contributed by atoms with E-state index in [4.69, 9.17) is 14.7 Å². The molecule has 31 heavy (non-hydrogen) atoms. The molecule has 1 atom stereocenters. The van der Waals surface area contributed by atoms with E-state index in [-0.39, 0.29) is 18.1 Å². The van der Waals surface area contributed by atoms with Gasteiger partial charge >= 0.3 is 0 Å². The van der Waals surface area contributed by atoms with Gasteiger partial charge < -0.3 is 19.7 Å². The first-order valence-corrected chi connectivity index (χ1v) is 9.72. The van der Waals surface area contributed by atoms with E-state index >= 15 is 0 Å². The number of rotatable bonds is 7. The molecule has 1 aromatic carbocycles. The minimum absolute atomic E-state index is 0. The Morgan fingerprint density at radius 1 is 1.26 bits per heavy atom. The molecular weight excluding hydrogens is 418 g/mol. The Balaban J connectivity index is 0.00000272. The number of benzene rings is 1. The number of methoxy groups -OCH3 is 1. The zero-order valence-corrected chi connectivity index (χ0v) is 18.1. The van der Waals surface area contributed by atoms with E-state index < -0.39 is 0 Å². The average molecular weight is 442 g/mol. The van der Waals surface area contributed by atoms with Crippen molar-refractivity contribution < 1.29 is 9.47 Å². The van der Waals surface area contributed by atoms with Crippen LogP contribution in [-0.4, -0.2) is 58.4 Å². The molecule has 1 unspecified atom stereocenters. The number of likely N-dealkylation sites (N-methyl/N-ethyl adjacent to an activating group) is 1. The van der Waals surface area contributed by atoms with E-state index in [1.54, 1.807) is 7.11 Å². The zero-order valence-electron chi connectivity index (χ0n) is 17.3. The van der Waals surface area contributed by atoms with E-state index in [0.29, 0.717) is 30.0 Å². The first kappa shape index (κ1) is 22.3. The second-order valence-electron chi connectivity index (χ2n) is 7.14. The zero-order chi connectivity index (χ0) is 20.9. The van der Waals surface area contributed by atoms with Gasteiger partial charge in [-0.25, -0.2) is 9.97 Å². The Bertz CT molecular complexity index is 1050. The number of halogens is 1. The number of anilines is 2. The Morgan fingerprint density at radius 2 is 2.13 bits per heavy atom. The number of H-pyrrole nitrogens is 1. The lowest BCUT2D eigenvalue weighted by molar-refractivity contribution is 0.198. The third-order valence-electron chi connectivity index (χ3n) is 5.18. The summed E-state index contributed by atoms with van der Waals surface area (Å²) in [6, 6.07) is 10.0. The van der Waals surface area contributed by atoms with Crippen LogP contribution in [0.25, 0.3) is 11.3 Å². The number of nitrogens with one attached hydrogen (secondary N) is 2. The average Bonchev–Trinajstić information content (AvgIpc) is 3.41. The predicted molar refractivity (Wildman–Crippen MR) is 119 cm³/mol. The lowest BCUT2D eigenvalue weighted by atomic mass is 10.1. The SMILES string of the molecule is COc1cc(OCC2CCCN2C)ccc1-c1cc(Nc2cnc(C#N)cn2)n[nH]1.Cl. The molecule has 9 nitrogen and oxygen atoms in total. The van der Waals surface area contributed by atoms with Gasteiger partial charge in [0.15, 0.2) is 11.5 Å². The third kappa shape index (κ3) is 5.23. The quantitative estimate of drug-likeness (QED) is 0.573. The van der Waals surface area contributed by atoms with Gasteiger partial charge in [0.25, 0.3) is 0 Å². The highest BCUT2D eigenvalue weighted by Crippen LogP contribution is 2.33. The molecule has 10 heteroatoms. The molecule has 162 valence electrons. The van der Waals surface area contributed by atoms with Gasteiger partial charge in [-0.1, -0.05) is 0 Å². The van der Waals surface area contributed by atoms with Gasteiger partial charge in [0.1, 0.15) is 30.0 Å². The molecule has 3 heterocycles. The summed E-state index contributed by atoms with van der Waals surface area (Å²) >= 11 is 0. The molecule has 0 radical (unpaired) electrons. The van der Waals surface area contributed by atoms with Crippen molar-refractivity contribution in [2.24, 2.45) is 0 Å². The van der Waals surface area contributed by atoms with Crippen LogP contribution in [0.5, 0.6) is 11.5 Å². The Morgan fingerprint density at radius 3 is 2.81 bits per heavy atom. The monoisotopic (exact) mass is 441 g/mol. The summed E-state index contributed by atoms with van der Waals surface area (Å²) in [7, 11) is 3.77. The topological polar surface area (TPSA) is 112 Å². The minimum Gasteiger partial charge on any atom is -0.496 e. The van der Waals surface area contributed by atoms with Crippen LogP contribution >= 0.6 is 12.4 Å². The largest absolute Gasteiger partial charge is 0.496 e. The standard InChI is InChI=1S/C21H23N7O2.ClH/c1-28-7-3-4-15(28)13-30-16-5-6-17(19(8-16)29-2)18-9-20(27-26-18)25-21-12-23-14(10-22)11-24-21;/h5-6,8-9,11-12,15H,3-4,7,13H2,1-2H3,(H2,24,25,26,27);1H. The number of hydrogen-bond donors (Lipinski definition) is 2. The first-order valence-electron chi connectivity index (χ1n) is 9.72. The second-order valence-corrected chi connectivity index (χ2v) is 7.14. The van der Waals surface area contributed by atoms with Gasteiger partial charge in [-0.15, -0.1) is 12.4 Å². The van der Waals surface area contributed by atoms with Crippen LogP contribution < -0.4 is 14.8 Å².